The Labute approximate surface area is 126 Å². The monoisotopic (exact) mass is 376 g/mol. The molecule has 0 aliphatic heterocycles. The van der Waals surface area contributed by atoms with Gasteiger partial charge in [-0.15, -0.1) is 0 Å². The number of nitrogens with two attached hydrogens (primary N) is 1. The standard InChI is InChI=1S/C13H18FIN4/c14-9-6-7-12(11(15)8-9)18-13(19-16)17-10-4-2-1-3-5-10/h6-8,10H,1-5,16H2,(H2,17,18,19). The van der Waals surface area contributed by atoms with E-state index in [9.17, 15) is 4.39 Å². The van der Waals surface area contributed by atoms with Crippen LogP contribution in [0.25, 0.3) is 0 Å². The average molecular weight is 376 g/mol. The number of aliphatic imine (C=N–C) groups is 1. The molecule has 104 valence electrons. The second kappa shape index (κ2) is 7.04. The molecule has 0 bridgehead atoms. The first kappa shape index (κ1) is 14.5. The maximum Gasteiger partial charge on any atom is 0.210 e. The summed E-state index contributed by atoms with van der Waals surface area (Å²) >= 11 is 2.08. The highest BCUT2D eigenvalue weighted by atomic mass is 127. The van der Waals surface area contributed by atoms with Crippen LogP contribution in [-0.2, 0) is 0 Å². The van der Waals surface area contributed by atoms with Gasteiger partial charge in [-0.25, -0.2) is 15.2 Å². The highest BCUT2D eigenvalue weighted by molar-refractivity contribution is 14.1. The van der Waals surface area contributed by atoms with Gasteiger partial charge in [0.2, 0.25) is 5.96 Å². The third kappa shape index (κ3) is 4.31. The number of rotatable bonds is 2. The number of halogens is 2. The van der Waals surface area contributed by atoms with Crippen LogP contribution in [0.4, 0.5) is 10.1 Å². The lowest BCUT2D eigenvalue weighted by Gasteiger charge is -2.19. The van der Waals surface area contributed by atoms with Gasteiger partial charge in [0, 0.05) is 3.57 Å². The lowest BCUT2D eigenvalue weighted by Crippen LogP contribution is -2.37. The third-order valence-corrected chi connectivity index (χ3v) is 4.10. The minimum absolute atomic E-state index is 0.249. The summed E-state index contributed by atoms with van der Waals surface area (Å²) in [7, 11) is 0. The van der Waals surface area contributed by atoms with Crippen molar-refractivity contribution in [1.29, 1.82) is 0 Å². The molecule has 1 aromatic carbocycles. The van der Waals surface area contributed by atoms with Crippen molar-refractivity contribution in [3.63, 3.8) is 0 Å². The average Bonchev–Trinajstić information content (AvgIpc) is 2.42. The van der Waals surface area contributed by atoms with Gasteiger partial charge < -0.3 is 5.32 Å². The Bertz CT molecular complexity index is 458. The summed E-state index contributed by atoms with van der Waals surface area (Å²) in [6.07, 6.45) is 5.95. The summed E-state index contributed by atoms with van der Waals surface area (Å²) < 4.78 is 13.8. The van der Waals surface area contributed by atoms with Crippen molar-refractivity contribution in [2.24, 2.45) is 10.8 Å². The SMILES string of the molecule is NNC(=NC1CCCCC1)Nc1ccc(F)cc1I. The fourth-order valence-corrected chi connectivity index (χ4v) is 2.83. The van der Waals surface area contributed by atoms with Gasteiger partial charge >= 0.3 is 0 Å². The molecule has 0 unspecified atom stereocenters. The molecule has 1 aliphatic rings. The Kier molecular flexibility index (Phi) is 5.38. The van der Waals surface area contributed by atoms with E-state index in [1.165, 1.54) is 31.4 Å². The molecule has 0 spiro atoms. The molecule has 1 aromatic rings. The van der Waals surface area contributed by atoms with E-state index in [-0.39, 0.29) is 5.82 Å². The molecule has 1 aliphatic carbocycles. The summed E-state index contributed by atoms with van der Waals surface area (Å²) in [6, 6.07) is 4.90. The maximum atomic E-state index is 13.0. The first-order chi connectivity index (χ1) is 9.19. The number of anilines is 1. The van der Waals surface area contributed by atoms with Crippen molar-refractivity contribution in [1.82, 2.24) is 5.43 Å². The van der Waals surface area contributed by atoms with E-state index in [0.29, 0.717) is 12.0 Å². The molecule has 0 aromatic heterocycles. The lowest BCUT2D eigenvalue weighted by molar-refractivity contribution is 0.442. The predicted molar refractivity (Wildman–Crippen MR) is 84.4 cm³/mol. The zero-order valence-electron chi connectivity index (χ0n) is 10.6. The minimum Gasteiger partial charge on any atom is -0.324 e. The highest BCUT2D eigenvalue weighted by Gasteiger charge is 2.13. The Morgan fingerprint density at radius 1 is 1.32 bits per heavy atom. The summed E-state index contributed by atoms with van der Waals surface area (Å²) in [5.41, 5.74) is 3.38. The fourth-order valence-electron chi connectivity index (χ4n) is 2.22. The van der Waals surface area contributed by atoms with Crippen LogP contribution in [0.15, 0.2) is 23.2 Å². The molecule has 4 N–H and O–H groups in total. The summed E-state index contributed by atoms with van der Waals surface area (Å²) in [5, 5.41) is 3.11. The van der Waals surface area contributed by atoms with Gasteiger partial charge in [-0.3, -0.25) is 5.43 Å². The van der Waals surface area contributed by atoms with Crippen molar-refractivity contribution in [3.05, 3.63) is 27.6 Å². The number of hydrazine groups is 1. The molecular formula is C13H18FIN4. The van der Waals surface area contributed by atoms with E-state index < -0.39 is 0 Å². The smallest absolute Gasteiger partial charge is 0.210 e. The minimum atomic E-state index is -0.249. The zero-order chi connectivity index (χ0) is 13.7. The van der Waals surface area contributed by atoms with Gasteiger partial charge in [0.05, 0.1) is 11.7 Å². The normalized spacial score (nSPS) is 17.3. The second-order valence-corrected chi connectivity index (χ2v) is 5.83. The van der Waals surface area contributed by atoms with Gasteiger partial charge in [-0.2, -0.15) is 0 Å². The topological polar surface area (TPSA) is 62.4 Å². The van der Waals surface area contributed by atoms with E-state index >= 15 is 0 Å². The molecule has 1 saturated carbocycles. The van der Waals surface area contributed by atoms with Crippen molar-refractivity contribution < 1.29 is 4.39 Å². The first-order valence-corrected chi connectivity index (χ1v) is 7.53. The number of guanidine groups is 1. The molecule has 2 rings (SSSR count). The Morgan fingerprint density at radius 3 is 2.68 bits per heavy atom. The molecule has 0 heterocycles. The van der Waals surface area contributed by atoms with Crippen molar-refractivity contribution in [3.8, 4) is 0 Å². The molecule has 0 radical (unpaired) electrons. The molecule has 4 nitrogen and oxygen atoms in total. The predicted octanol–water partition coefficient (Wildman–Crippen LogP) is 2.99. The zero-order valence-corrected chi connectivity index (χ0v) is 12.8. The molecule has 0 saturated heterocycles. The number of nitrogens with one attached hydrogen (secondary N) is 2. The number of nitrogens with zero attached hydrogens (tertiary/aromatic N) is 1. The van der Waals surface area contributed by atoms with Crippen LogP contribution in [0.5, 0.6) is 0 Å². The number of hydrogen-bond donors (Lipinski definition) is 3. The summed E-state index contributed by atoms with van der Waals surface area (Å²) in [4.78, 5) is 4.59. The summed E-state index contributed by atoms with van der Waals surface area (Å²) in [6.45, 7) is 0. The van der Waals surface area contributed by atoms with Crippen LogP contribution in [0.3, 0.4) is 0 Å². The number of hydrogen-bond acceptors (Lipinski definition) is 2. The van der Waals surface area contributed by atoms with E-state index in [2.05, 4.69) is 38.3 Å². The van der Waals surface area contributed by atoms with Gasteiger partial charge in [-0.05, 0) is 53.6 Å². The van der Waals surface area contributed by atoms with Crippen LogP contribution in [0, 0.1) is 9.39 Å². The second-order valence-electron chi connectivity index (χ2n) is 4.66. The number of benzene rings is 1. The van der Waals surface area contributed by atoms with Crippen LogP contribution in [-0.4, -0.2) is 12.0 Å². The molecule has 6 heteroatoms. The molecule has 0 atom stereocenters. The molecule has 1 fully saturated rings. The van der Waals surface area contributed by atoms with Crippen LogP contribution < -0.4 is 16.6 Å². The molecular weight excluding hydrogens is 358 g/mol. The highest BCUT2D eigenvalue weighted by Crippen LogP contribution is 2.21. The van der Waals surface area contributed by atoms with Gasteiger partial charge in [0.1, 0.15) is 5.82 Å². The van der Waals surface area contributed by atoms with Crippen LogP contribution in [0.1, 0.15) is 32.1 Å². The Morgan fingerprint density at radius 2 is 2.05 bits per heavy atom. The van der Waals surface area contributed by atoms with Gasteiger partial charge in [-0.1, -0.05) is 19.3 Å². The summed E-state index contributed by atoms with van der Waals surface area (Å²) in [5.74, 6) is 5.79. The fraction of sp³-hybridized carbons (Fsp3) is 0.462. The first-order valence-electron chi connectivity index (χ1n) is 6.45. The lowest BCUT2D eigenvalue weighted by atomic mass is 9.96. The van der Waals surface area contributed by atoms with E-state index in [1.54, 1.807) is 6.07 Å². The van der Waals surface area contributed by atoms with Crippen LogP contribution >= 0.6 is 22.6 Å². The van der Waals surface area contributed by atoms with E-state index in [4.69, 9.17) is 5.84 Å². The Hall–Kier alpha value is -0.890. The van der Waals surface area contributed by atoms with E-state index in [1.807, 2.05) is 0 Å². The Balaban J connectivity index is 2.07. The maximum absolute atomic E-state index is 13.0. The van der Waals surface area contributed by atoms with Crippen LogP contribution in [0.2, 0.25) is 0 Å². The van der Waals surface area contributed by atoms with Crippen molar-refractivity contribution in [2.45, 2.75) is 38.1 Å². The van der Waals surface area contributed by atoms with E-state index in [0.717, 1.165) is 22.1 Å². The largest absolute Gasteiger partial charge is 0.324 e. The quantitative estimate of drug-likeness (QED) is 0.245. The molecule has 19 heavy (non-hydrogen) atoms. The van der Waals surface area contributed by atoms with Gasteiger partial charge in [0.15, 0.2) is 0 Å². The molecule has 0 amide bonds. The van der Waals surface area contributed by atoms with Crippen molar-refractivity contribution >= 4 is 34.2 Å². The van der Waals surface area contributed by atoms with Crippen molar-refractivity contribution in [2.75, 3.05) is 5.32 Å². The third-order valence-electron chi connectivity index (χ3n) is 3.21. The van der Waals surface area contributed by atoms with Gasteiger partial charge in [0.25, 0.3) is 0 Å².